The molecule has 1 saturated heterocycles. The predicted molar refractivity (Wildman–Crippen MR) is 79.8 cm³/mol. The summed E-state index contributed by atoms with van der Waals surface area (Å²) in [6, 6.07) is 3.48. The van der Waals surface area contributed by atoms with Gasteiger partial charge in [-0.1, -0.05) is 0 Å². The summed E-state index contributed by atoms with van der Waals surface area (Å²) in [5.41, 5.74) is 1.56. The largest absolute Gasteiger partial charge is 0.494 e. The van der Waals surface area contributed by atoms with E-state index in [1.54, 1.807) is 6.07 Å². The number of ether oxygens (including phenoxy) is 2. The minimum atomic E-state index is -0.390. The second-order valence-electron chi connectivity index (χ2n) is 5.16. The zero-order valence-corrected chi connectivity index (χ0v) is 12.7. The van der Waals surface area contributed by atoms with Crippen LogP contribution in [0, 0.1) is 5.82 Å². The maximum atomic E-state index is 13.9. The third kappa shape index (κ3) is 2.72. The lowest BCUT2D eigenvalue weighted by Crippen LogP contribution is -2.21. The number of halogens is 2. The molecular weight excluding hydrogens is 295 g/mol. The van der Waals surface area contributed by atoms with Crippen molar-refractivity contribution in [1.29, 1.82) is 0 Å². The lowest BCUT2D eigenvalue weighted by atomic mass is 10.1. The van der Waals surface area contributed by atoms with E-state index >= 15 is 0 Å². The molecule has 3 rings (SSSR count). The van der Waals surface area contributed by atoms with Gasteiger partial charge in [-0.3, -0.25) is 0 Å². The standard InChI is InChI=1S/C15H18ClFN2O2/c1-20-14-9-13-12(8-11(14)17)18-15(2-5-16)19(13)10-3-6-21-7-4-10/h8-10H,2-7H2,1H3. The molecule has 6 heteroatoms. The second kappa shape index (κ2) is 6.20. The molecule has 1 aliphatic rings. The van der Waals surface area contributed by atoms with Gasteiger partial charge in [0.05, 0.1) is 18.1 Å². The number of rotatable bonds is 4. The monoisotopic (exact) mass is 312 g/mol. The minimum absolute atomic E-state index is 0.244. The van der Waals surface area contributed by atoms with Gasteiger partial charge in [0.15, 0.2) is 11.6 Å². The molecule has 0 spiro atoms. The molecule has 21 heavy (non-hydrogen) atoms. The van der Waals surface area contributed by atoms with Crippen molar-refractivity contribution in [2.75, 3.05) is 26.2 Å². The number of hydrogen-bond acceptors (Lipinski definition) is 3. The number of fused-ring (bicyclic) bond motifs is 1. The van der Waals surface area contributed by atoms with Gasteiger partial charge in [0.2, 0.25) is 0 Å². The second-order valence-corrected chi connectivity index (χ2v) is 5.53. The van der Waals surface area contributed by atoms with Crippen LogP contribution in [0.15, 0.2) is 12.1 Å². The van der Waals surface area contributed by atoms with Crippen LogP contribution in [0.1, 0.15) is 24.7 Å². The van der Waals surface area contributed by atoms with Crippen LogP contribution in [0.4, 0.5) is 4.39 Å². The van der Waals surface area contributed by atoms with Gasteiger partial charge in [0.1, 0.15) is 5.82 Å². The highest BCUT2D eigenvalue weighted by Crippen LogP contribution is 2.31. The fraction of sp³-hybridized carbons (Fsp3) is 0.533. The Morgan fingerprint density at radius 1 is 1.43 bits per heavy atom. The fourth-order valence-corrected chi connectivity index (χ4v) is 3.08. The van der Waals surface area contributed by atoms with Crippen LogP contribution in [0.25, 0.3) is 11.0 Å². The molecule has 114 valence electrons. The summed E-state index contributed by atoms with van der Waals surface area (Å²) in [6.07, 6.45) is 2.53. The maximum Gasteiger partial charge on any atom is 0.167 e. The van der Waals surface area contributed by atoms with E-state index in [-0.39, 0.29) is 11.6 Å². The van der Waals surface area contributed by atoms with Crippen LogP contribution in [-0.2, 0) is 11.2 Å². The Hall–Kier alpha value is -1.33. The first-order valence-electron chi connectivity index (χ1n) is 7.12. The van der Waals surface area contributed by atoms with E-state index in [0.29, 0.717) is 23.9 Å². The molecule has 0 N–H and O–H groups in total. The summed E-state index contributed by atoms with van der Waals surface area (Å²) in [6.45, 7) is 1.48. The molecule has 0 bridgehead atoms. The molecule has 0 amide bonds. The smallest absolute Gasteiger partial charge is 0.167 e. The Labute approximate surface area is 127 Å². The van der Waals surface area contributed by atoms with Crippen molar-refractivity contribution >= 4 is 22.6 Å². The maximum absolute atomic E-state index is 13.9. The molecule has 1 aromatic heterocycles. The topological polar surface area (TPSA) is 36.3 Å². The Balaban J connectivity index is 2.14. The Bertz CT molecular complexity index is 638. The third-order valence-electron chi connectivity index (χ3n) is 3.91. The Kier molecular flexibility index (Phi) is 4.31. The first-order valence-corrected chi connectivity index (χ1v) is 7.66. The van der Waals surface area contributed by atoms with E-state index in [1.807, 2.05) is 0 Å². The lowest BCUT2D eigenvalue weighted by Gasteiger charge is -2.25. The van der Waals surface area contributed by atoms with E-state index < -0.39 is 0 Å². The van der Waals surface area contributed by atoms with E-state index in [2.05, 4.69) is 9.55 Å². The van der Waals surface area contributed by atoms with E-state index in [1.165, 1.54) is 13.2 Å². The molecule has 0 aliphatic carbocycles. The number of methoxy groups -OCH3 is 1. The fourth-order valence-electron chi connectivity index (χ4n) is 2.91. The van der Waals surface area contributed by atoms with Crippen LogP contribution in [0.2, 0.25) is 0 Å². The van der Waals surface area contributed by atoms with Gasteiger partial charge in [0, 0.05) is 43.7 Å². The number of benzene rings is 1. The van der Waals surface area contributed by atoms with Crippen LogP contribution in [0.3, 0.4) is 0 Å². The highest BCUT2D eigenvalue weighted by molar-refractivity contribution is 6.17. The minimum Gasteiger partial charge on any atom is -0.494 e. The molecule has 2 aromatic rings. The van der Waals surface area contributed by atoms with Crippen molar-refractivity contribution < 1.29 is 13.9 Å². The molecule has 1 aromatic carbocycles. The molecule has 1 aliphatic heterocycles. The molecule has 1 fully saturated rings. The molecule has 4 nitrogen and oxygen atoms in total. The number of imidazole rings is 1. The number of aryl methyl sites for hydroxylation is 1. The predicted octanol–water partition coefficient (Wildman–Crippen LogP) is 3.32. The van der Waals surface area contributed by atoms with Crippen LogP contribution in [-0.4, -0.2) is 35.8 Å². The average Bonchev–Trinajstić information content (AvgIpc) is 2.84. The van der Waals surface area contributed by atoms with Crippen molar-refractivity contribution in [1.82, 2.24) is 9.55 Å². The molecule has 0 saturated carbocycles. The zero-order valence-electron chi connectivity index (χ0n) is 11.9. The van der Waals surface area contributed by atoms with Crippen LogP contribution < -0.4 is 4.74 Å². The molecule has 0 unspecified atom stereocenters. The summed E-state index contributed by atoms with van der Waals surface area (Å²) in [5.74, 6) is 1.25. The quantitative estimate of drug-likeness (QED) is 0.813. The lowest BCUT2D eigenvalue weighted by molar-refractivity contribution is 0.0699. The van der Waals surface area contributed by atoms with Crippen molar-refractivity contribution in [3.8, 4) is 5.75 Å². The third-order valence-corrected chi connectivity index (χ3v) is 4.10. The first-order chi connectivity index (χ1) is 10.2. The zero-order chi connectivity index (χ0) is 14.8. The van der Waals surface area contributed by atoms with E-state index in [4.69, 9.17) is 21.1 Å². The highest BCUT2D eigenvalue weighted by atomic mass is 35.5. The van der Waals surface area contributed by atoms with Crippen LogP contribution >= 0.6 is 11.6 Å². The Morgan fingerprint density at radius 3 is 2.86 bits per heavy atom. The van der Waals surface area contributed by atoms with Gasteiger partial charge >= 0.3 is 0 Å². The van der Waals surface area contributed by atoms with E-state index in [9.17, 15) is 4.39 Å². The van der Waals surface area contributed by atoms with Gasteiger partial charge < -0.3 is 14.0 Å². The van der Waals surface area contributed by atoms with E-state index in [0.717, 1.165) is 37.4 Å². The number of nitrogens with zero attached hydrogens (tertiary/aromatic N) is 2. The number of alkyl halides is 1. The number of hydrogen-bond donors (Lipinski definition) is 0. The van der Waals surface area contributed by atoms with Crippen molar-refractivity contribution in [3.63, 3.8) is 0 Å². The Morgan fingerprint density at radius 2 is 2.19 bits per heavy atom. The summed E-state index contributed by atoms with van der Waals surface area (Å²) in [7, 11) is 1.47. The van der Waals surface area contributed by atoms with Gasteiger partial charge in [-0.15, -0.1) is 11.6 Å². The van der Waals surface area contributed by atoms with Gasteiger partial charge in [-0.25, -0.2) is 9.37 Å². The SMILES string of the molecule is COc1cc2c(cc1F)nc(CCCl)n2C1CCOCC1. The number of aromatic nitrogens is 2. The van der Waals surface area contributed by atoms with Gasteiger partial charge in [-0.05, 0) is 12.8 Å². The molecule has 0 radical (unpaired) electrons. The summed E-state index contributed by atoms with van der Waals surface area (Å²) >= 11 is 5.89. The van der Waals surface area contributed by atoms with Crippen molar-refractivity contribution in [2.24, 2.45) is 0 Å². The average molecular weight is 313 g/mol. The molecular formula is C15H18ClFN2O2. The molecule has 0 atom stereocenters. The normalized spacial score (nSPS) is 16.5. The highest BCUT2D eigenvalue weighted by Gasteiger charge is 2.22. The first kappa shape index (κ1) is 14.6. The molecule has 2 heterocycles. The van der Waals surface area contributed by atoms with Crippen LogP contribution in [0.5, 0.6) is 5.75 Å². The summed E-state index contributed by atoms with van der Waals surface area (Å²) < 4.78 is 26.6. The van der Waals surface area contributed by atoms with Crippen molar-refractivity contribution in [2.45, 2.75) is 25.3 Å². The summed E-state index contributed by atoms with van der Waals surface area (Å²) in [4.78, 5) is 4.56. The van der Waals surface area contributed by atoms with Crippen molar-refractivity contribution in [3.05, 3.63) is 23.8 Å². The van der Waals surface area contributed by atoms with Gasteiger partial charge in [0.25, 0.3) is 0 Å². The van der Waals surface area contributed by atoms with Gasteiger partial charge in [-0.2, -0.15) is 0 Å². The summed E-state index contributed by atoms with van der Waals surface area (Å²) in [5, 5.41) is 0.